The molecule has 5 heteroatoms. The lowest BCUT2D eigenvalue weighted by atomic mass is 10.1. The third-order valence-corrected chi connectivity index (χ3v) is 3.84. The molecule has 0 amide bonds. The van der Waals surface area contributed by atoms with Gasteiger partial charge in [-0.2, -0.15) is 0 Å². The highest BCUT2D eigenvalue weighted by Gasteiger charge is 2.11. The van der Waals surface area contributed by atoms with Gasteiger partial charge in [0.2, 0.25) is 0 Å². The molecule has 140 valence electrons. The highest BCUT2D eigenvalue weighted by atomic mass is 16.5. The number of benzene rings is 2. The van der Waals surface area contributed by atoms with Crippen LogP contribution in [0.2, 0.25) is 0 Å². The smallest absolute Gasteiger partial charge is 0.118 e. The number of hydrogen-bond acceptors (Lipinski definition) is 5. The monoisotopic (exact) mass is 357 g/mol. The molecule has 0 saturated carbocycles. The summed E-state index contributed by atoms with van der Waals surface area (Å²) in [6.07, 6.45) is 2.80. The molecule has 0 radical (unpaired) electrons. The minimum absolute atomic E-state index is 0.188. The quantitative estimate of drug-likeness (QED) is 0.478. The summed E-state index contributed by atoms with van der Waals surface area (Å²) in [5.41, 5.74) is 8.07. The van der Waals surface area contributed by atoms with Crippen LogP contribution in [0.3, 0.4) is 0 Å². The van der Waals surface area contributed by atoms with Gasteiger partial charge < -0.3 is 25.1 Å². The standard InChI is InChI=1S/C21H27NO4/c1-24-19-11-9-18(10-12-19)14-25-13-5-8-20(22)21(23)16-26-15-17-6-3-2-4-7-17/h2-12,20-21,23H,13-16,22H2,1H3/b8-5+/t20-,21-/m0/s1. The Bertz CT molecular complexity index is 643. The van der Waals surface area contributed by atoms with Gasteiger partial charge in [0, 0.05) is 0 Å². The molecule has 0 bridgehead atoms. The van der Waals surface area contributed by atoms with Crippen molar-refractivity contribution in [1.29, 1.82) is 0 Å². The second-order valence-corrected chi connectivity index (χ2v) is 5.94. The lowest BCUT2D eigenvalue weighted by molar-refractivity contribution is 0.0228. The zero-order valence-electron chi connectivity index (χ0n) is 15.1. The summed E-state index contributed by atoms with van der Waals surface area (Å²) in [7, 11) is 1.64. The lowest BCUT2D eigenvalue weighted by Crippen LogP contribution is -2.36. The summed E-state index contributed by atoms with van der Waals surface area (Å²) in [5, 5.41) is 10.0. The molecule has 2 rings (SSSR count). The fourth-order valence-corrected chi connectivity index (χ4v) is 2.29. The molecular weight excluding hydrogens is 330 g/mol. The van der Waals surface area contributed by atoms with Gasteiger partial charge in [0.05, 0.1) is 45.7 Å². The zero-order valence-corrected chi connectivity index (χ0v) is 15.1. The van der Waals surface area contributed by atoms with Gasteiger partial charge in [-0.1, -0.05) is 54.6 Å². The van der Waals surface area contributed by atoms with E-state index in [0.29, 0.717) is 19.8 Å². The Morgan fingerprint density at radius 1 is 0.962 bits per heavy atom. The molecule has 0 unspecified atom stereocenters. The number of nitrogens with two attached hydrogens (primary N) is 1. The van der Waals surface area contributed by atoms with Gasteiger partial charge in [-0.3, -0.25) is 0 Å². The average molecular weight is 357 g/mol. The predicted octanol–water partition coefficient (Wildman–Crippen LogP) is 2.67. The molecule has 5 nitrogen and oxygen atoms in total. The Labute approximate surface area is 155 Å². The van der Waals surface area contributed by atoms with E-state index in [1.165, 1.54) is 0 Å². The van der Waals surface area contributed by atoms with Crippen molar-refractivity contribution in [2.45, 2.75) is 25.4 Å². The van der Waals surface area contributed by atoms with E-state index in [1.54, 1.807) is 13.2 Å². The maximum absolute atomic E-state index is 10.0. The maximum atomic E-state index is 10.0. The molecule has 0 saturated heterocycles. The van der Waals surface area contributed by atoms with Gasteiger partial charge >= 0.3 is 0 Å². The summed E-state index contributed by atoms with van der Waals surface area (Å²) < 4.78 is 16.2. The van der Waals surface area contributed by atoms with Crippen LogP contribution in [0.1, 0.15) is 11.1 Å². The van der Waals surface area contributed by atoms with Crippen LogP contribution in [-0.4, -0.2) is 37.6 Å². The van der Waals surface area contributed by atoms with Crippen molar-refractivity contribution < 1.29 is 19.3 Å². The minimum atomic E-state index is -0.753. The molecule has 0 aliphatic carbocycles. The summed E-state index contributed by atoms with van der Waals surface area (Å²) in [5.74, 6) is 0.822. The van der Waals surface area contributed by atoms with Crippen LogP contribution in [0.4, 0.5) is 0 Å². The Kier molecular flexibility index (Phi) is 8.86. The van der Waals surface area contributed by atoms with Gasteiger partial charge in [0.15, 0.2) is 0 Å². The molecule has 0 aromatic heterocycles. The molecule has 0 aliphatic rings. The van der Waals surface area contributed by atoms with Crippen molar-refractivity contribution in [3.05, 3.63) is 77.9 Å². The first-order valence-corrected chi connectivity index (χ1v) is 8.61. The number of rotatable bonds is 11. The van der Waals surface area contributed by atoms with E-state index in [0.717, 1.165) is 16.9 Å². The van der Waals surface area contributed by atoms with Gasteiger partial charge in [0.25, 0.3) is 0 Å². The molecule has 2 aromatic carbocycles. The van der Waals surface area contributed by atoms with Gasteiger partial charge in [-0.05, 0) is 23.3 Å². The van der Waals surface area contributed by atoms with E-state index in [1.807, 2.05) is 60.7 Å². The fourth-order valence-electron chi connectivity index (χ4n) is 2.29. The maximum Gasteiger partial charge on any atom is 0.118 e. The third-order valence-electron chi connectivity index (χ3n) is 3.84. The van der Waals surface area contributed by atoms with Crippen LogP contribution in [0, 0.1) is 0 Å². The molecule has 2 aromatic rings. The van der Waals surface area contributed by atoms with Crippen molar-refractivity contribution >= 4 is 0 Å². The highest BCUT2D eigenvalue weighted by Crippen LogP contribution is 2.11. The average Bonchev–Trinajstić information content (AvgIpc) is 2.68. The van der Waals surface area contributed by atoms with Gasteiger partial charge in [-0.25, -0.2) is 0 Å². The van der Waals surface area contributed by atoms with Crippen molar-refractivity contribution in [1.82, 2.24) is 0 Å². The van der Waals surface area contributed by atoms with Gasteiger partial charge in [-0.15, -0.1) is 0 Å². The Morgan fingerprint density at radius 2 is 1.62 bits per heavy atom. The van der Waals surface area contributed by atoms with Crippen LogP contribution in [-0.2, 0) is 22.7 Å². The second kappa shape index (κ2) is 11.4. The molecule has 26 heavy (non-hydrogen) atoms. The Hall–Kier alpha value is -2.18. The summed E-state index contributed by atoms with van der Waals surface area (Å²) >= 11 is 0. The van der Waals surface area contributed by atoms with Crippen molar-refractivity contribution in [3.63, 3.8) is 0 Å². The molecule has 0 fully saturated rings. The van der Waals surface area contributed by atoms with Gasteiger partial charge in [0.1, 0.15) is 5.75 Å². The topological polar surface area (TPSA) is 73.9 Å². The molecule has 2 atom stereocenters. The van der Waals surface area contributed by atoms with Crippen molar-refractivity contribution in [3.8, 4) is 5.75 Å². The van der Waals surface area contributed by atoms with Crippen LogP contribution < -0.4 is 10.5 Å². The summed E-state index contributed by atoms with van der Waals surface area (Å²) in [6, 6.07) is 17.0. The van der Waals surface area contributed by atoms with E-state index < -0.39 is 12.1 Å². The second-order valence-electron chi connectivity index (χ2n) is 5.94. The lowest BCUT2D eigenvalue weighted by Gasteiger charge is -2.15. The van der Waals surface area contributed by atoms with E-state index >= 15 is 0 Å². The fraction of sp³-hybridized carbons (Fsp3) is 0.333. The van der Waals surface area contributed by atoms with E-state index in [9.17, 15) is 5.11 Å². The first-order chi connectivity index (χ1) is 12.7. The van der Waals surface area contributed by atoms with E-state index in [-0.39, 0.29) is 6.61 Å². The normalized spacial score (nSPS) is 13.7. The van der Waals surface area contributed by atoms with Crippen LogP contribution in [0.5, 0.6) is 5.75 Å². The third kappa shape index (κ3) is 7.37. The number of methoxy groups -OCH3 is 1. The van der Waals surface area contributed by atoms with Crippen molar-refractivity contribution in [2.75, 3.05) is 20.3 Å². The Morgan fingerprint density at radius 3 is 2.31 bits per heavy atom. The minimum Gasteiger partial charge on any atom is -0.497 e. The molecule has 3 N–H and O–H groups in total. The molecule has 0 aliphatic heterocycles. The summed E-state index contributed by atoms with van der Waals surface area (Å²) in [4.78, 5) is 0. The summed E-state index contributed by atoms with van der Waals surface area (Å²) in [6.45, 7) is 1.58. The largest absolute Gasteiger partial charge is 0.497 e. The molecular formula is C21H27NO4. The highest BCUT2D eigenvalue weighted by molar-refractivity contribution is 5.26. The zero-order chi connectivity index (χ0) is 18.6. The molecule has 0 spiro atoms. The van der Waals surface area contributed by atoms with E-state index in [2.05, 4.69) is 0 Å². The van der Waals surface area contributed by atoms with E-state index in [4.69, 9.17) is 19.9 Å². The number of ether oxygens (including phenoxy) is 3. The van der Waals surface area contributed by atoms with Crippen LogP contribution in [0.25, 0.3) is 0 Å². The van der Waals surface area contributed by atoms with Crippen LogP contribution in [0.15, 0.2) is 66.7 Å². The Balaban J connectivity index is 1.60. The number of aliphatic hydroxyl groups is 1. The number of hydrogen-bond donors (Lipinski definition) is 2. The molecule has 0 heterocycles. The predicted molar refractivity (Wildman–Crippen MR) is 102 cm³/mol. The van der Waals surface area contributed by atoms with Crippen LogP contribution >= 0.6 is 0 Å². The number of aliphatic hydroxyl groups excluding tert-OH is 1. The first kappa shape index (κ1) is 20.1. The first-order valence-electron chi connectivity index (χ1n) is 8.61. The van der Waals surface area contributed by atoms with Crippen molar-refractivity contribution in [2.24, 2.45) is 5.73 Å². The SMILES string of the molecule is COc1ccc(COC/C=C/[C@H](N)[C@@H](O)COCc2ccccc2)cc1.